The first-order chi connectivity index (χ1) is 19.5. The Balaban J connectivity index is 0.000000191. The zero-order valence-corrected chi connectivity index (χ0v) is 24.8. The second-order valence-corrected chi connectivity index (χ2v) is 11.1. The lowest BCUT2D eigenvalue weighted by Gasteiger charge is -2.15. The van der Waals surface area contributed by atoms with E-state index in [0.29, 0.717) is 27.8 Å². The van der Waals surface area contributed by atoms with Gasteiger partial charge in [-0.25, -0.2) is 4.79 Å². The number of ether oxygens (including phenoxy) is 2. The van der Waals surface area contributed by atoms with E-state index >= 15 is 0 Å². The lowest BCUT2D eigenvalue weighted by atomic mass is 10.1. The maximum atomic E-state index is 12.1. The fourth-order valence-electron chi connectivity index (χ4n) is 4.29. The number of phenolic OH excluding ortho intramolecular Hbond substituents is 2. The Morgan fingerprint density at radius 2 is 1.54 bits per heavy atom. The van der Waals surface area contributed by atoms with E-state index in [2.05, 4.69) is 16.0 Å². The number of rotatable bonds is 5. The summed E-state index contributed by atoms with van der Waals surface area (Å²) in [6.07, 6.45) is 4.42. The van der Waals surface area contributed by atoms with Crippen LogP contribution in [0.4, 0.5) is 16.2 Å². The molecule has 1 saturated carbocycles. The number of benzene rings is 3. The molecule has 0 unspecified atom stereocenters. The van der Waals surface area contributed by atoms with Crippen LogP contribution in [0.2, 0.25) is 20.1 Å². The number of fused-ring (bicyclic) bond motifs is 1. The molecule has 9 nitrogen and oxygen atoms in total. The standard InChI is InChI=1S/C15H11Cl2NO4.C13H16Cl2N2O2/c16-10-5-9(6-11(17)15(10)20)18-14(19)4-8-1-2-12-13(3-8)22-7-21-12;1-7-9(14)6-10(12(18)11(7)15)17-13(19)16-8-4-2-3-5-8/h1-3,5-6,20H,4,7H2,(H,18,19);6,8,18H,2-5H2,1H3,(H2,16,17,19). The third-order valence-electron chi connectivity index (χ3n) is 6.46. The van der Waals surface area contributed by atoms with Gasteiger partial charge in [-0.2, -0.15) is 0 Å². The zero-order chi connectivity index (χ0) is 29.7. The molecule has 218 valence electrons. The van der Waals surface area contributed by atoms with Crippen LogP contribution in [0, 0.1) is 6.92 Å². The summed E-state index contributed by atoms with van der Waals surface area (Å²) < 4.78 is 10.5. The topological polar surface area (TPSA) is 129 Å². The van der Waals surface area contributed by atoms with Gasteiger partial charge in [-0.15, -0.1) is 0 Å². The van der Waals surface area contributed by atoms with Crippen molar-refractivity contribution in [1.82, 2.24) is 5.32 Å². The lowest BCUT2D eigenvalue weighted by Crippen LogP contribution is -2.36. The summed E-state index contributed by atoms with van der Waals surface area (Å²) in [6.45, 7) is 1.89. The fraction of sp³-hybridized carbons (Fsp3) is 0.286. The number of anilines is 2. The molecule has 5 rings (SSSR count). The van der Waals surface area contributed by atoms with E-state index < -0.39 is 0 Å². The summed E-state index contributed by atoms with van der Waals surface area (Å²) >= 11 is 23.5. The molecule has 3 aromatic rings. The van der Waals surface area contributed by atoms with Crippen LogP contribution in [-0.2, 0) is 11.2 Å². The first-order valence-electron chi connectivity index (χ1n) is 12.6. The maximum absolute atomic E-state index is 12.1. The largest absolute Gasteiger partial charge is 0.505 e. The number of urea groups is 1. The van der Waals surface area contributed by atoms with Crippen LogP contribution in [0.25, 0.3) is 0 Å². The van der Waals surface area contributed by atoms with Crippen LogP contribution in [-0.4, -0.2) is 35.0 Å². The monoisotopic (exact) mass is 641 g/mol. The van der Waals surface area contributed by atoms with Gasteiger partial charge in [-0.1, -0.05) is 65.3 Å². The number of amides is 3. The second kappa shape index (κ2) is 13.6. The molecule has 5 N–H and O–H groups in total. The molecule has 0 bridgehead atoms. The van der Waals surface area contributed by atoms with Crippen molar-refractivity contribution < 1.29 is 29.3 Å². The molecule has 0 atom stereocenters. The Hall–Kier alpha value is -3.24. The summed E-state index contributed by atoms with van der Waals surface area (Å²) in [6, 6.07) is 9.53. The summed E-state index contributed by atoms with van der Waals surface area (Å²) in [5.74, 6) is 0.682. The molecule has 2 aliphatic rings. The predicted molar refractivity (Wildman–Crippen MR) is 160 cm³/mol. The molecule has 1 heterocycles. The number of hydrogen-bond acceptors (Lipinski definition) is 6. The number of halogens is 4. The van der Waals surface area contributed by atoms with Crippen molar-refractivity contribution in [3.8, 4) is 23.0 Å². The Morgan fingerprint density at radius 1 is 0.878 bits per heavy atom. The van der Waals surface area contributed by atoms with E-state index in [-0.39, 0.29) is 63.4 Å². The predicted octanol–water partition coefficient (Wildman–Crippen LogP) is 7.68. The van der Waals surface area contributed by atoms with E-state index in [1.807, 2.05) is 0 Å². The molecule has 1 aliphatic heterocycles. The lowest BCUT2D eigenvalue weighted by molar-refractivity contribution is -0.115. The van der Waals surface area contributed by atoms with Gasteiger partial charge in [-0.05, 0) is 61.2 Å². The molecule has 0 spiro atoms. The second-order valence-electron chi connectivity index (χ2n) is 9.47. The number of carbonyl (C=O) groups excluding carboxylic acids is 2. The first kappa shape index (κ1) is 30.7. The van der Waals surface area contributed by atoms with E-state index in [9.17, 15) is 19.8 Å². The van der Waals surface area contributed by atoms with Gasteiger partial charge in [0.15, 0.2) is 23.0 Å². The Bertz CT molecular complexity index is 1440. The van der Waals surface area contributed by atoms with Gasteiger partial charge >= 0.3 is 6.03 Å². The summed E-state index contributed by atoms with van der Waals surface area (Å²) in [5, 5.41) is 28.2. The minimum Gasteiger partial charge on any atom is -0.505 e. The van der Waals surface area contributed by atoms with Crippen LogP contribution < -0.4 is 25.4 Å². The van der Waals surface area contributed by atoms with Crippen molar-refractivity contribution in [3.63, 3.8) is 0 Å². The number of carbonyl (C=O) groups is 2. The zero-order valence-electron chi connectivity index (χ0n) is 21.8. The van der Waals surface area contributed by atoms with Gasteiger partial charge in [0, 0.05) is 16.8 Å². The summed E-state index contributed by atoms with van der Waals surface area (Å²) in [5.41, 5.74) is 2.01. The molecule has 1 aliphatic carbocycles. The minimum absolute atomic E-state index is 0.0749. The molecule has 3 amide bonds. The Morgan fingerprint density at radius 3 is 2.22 bits per heavy atom. The van der Waals surface area contributed by atoms with Gasteiger partial charge in [-0.3, -0.25) is 4.79 Å². The molecular weight excluding hydrogens is 616 g/mol. The van der Waals surface area contributed by atoms with Crippen LogP contribution >= 0.6 is 46.4 Å². The van der Waals surface area contributed by atoms with Crippen LogP contribution in [0.3, 0.4) is 0 Å². The third kappa shape index (κ3) is 7.95. The minimum atomic E-state index is -0.349. The van der Waals surface area contributed by atoms with Crippen LogP contribution in [0.5, 0.6) is 23.0 Å². The van der Waals surface area contributed by atoms with Crippen molar-refractivity contribution in [2.45, 2.75) is 45.1 Å². The average molecular weight is 643 g/mol. The first-order valence-corrected chi connectivity index (χ1v) is 14.1. The van der Waals surface area contributed by atoms with E-state index in [1.54, 1.807) is 25.1 Å². The van der Waals surface area contributed by atoms with Crippen LogP contribution in [0.1, 0.15) is 36.8 Å². The quantitative estimate of drug-likeness (QED) is 0.143. The van der Waals surface area contributed by atoms with Crippen LogP contribution in [0.15, 0.2) is 36.4 Å². The molecular formula is C28H27Cl4N3O6. The van der Waals surface area contributed by atoms with Crippen molar-refractivity contribution in [3.05, 3.63) is 67.6 Å². The van der Waals surface area contributed by atoms with E-state index in [0.717, 1.165) is 31.2 Å². The molecule has 0 saturated heterocycles. The van der Waals surface area contributed by atoms with E-state index in [1.165, 1.54) is 18.2 Å². The van der Waals surface area contributed by atoms with Gasteiger partial charge < -0.3 is 35.6 Å². The SMILES string of the molecule is Cc1c(Cl)cc(NC(=O)NC2CCCC2)c(O)c1Cl.O=C(Cc1ccc2c(c1)OCO2)Nc1cc(Cl)c(O)c(Cl)c1. The molecule has 0 radical (unpaired) electrons. The number of nitrogens with one attached hydrogen (secondary N) is 3. The summed E-state index contributed by atoms with van der Waals surface area (Å²) in [4.78, 5) is 23.9. The van der Waals surface area contributed by atoms with Gasteiger partial charge in [0.1, 0.15) is 0 Å². The van der Waals surface area contributed by atoms with E-state index in [4.69, 9.17) is 55.9 Å². The summed E-state index contributed by atoms with van der Waals surface area (Å²) in [7, 11) is 0. The highest BCUT2D eigenvalue weighted by atomic mass is 35.5. The van der Waals surface area contributed by atoms with Gasteiger partial charge in [0.05, 0.1) is 27.2 Å². The van der Waals surface area contributed by atoms with Gasteiger partial charge in [0.25, 0.3) is 0 Å². The highest BCUT2D eigenvalue weighted by Gasteiger charge is 2.19. The number of hydrogen-bond donors (Lipinski definition) is 5. The molecule has 0 aromatic heterocycles. The smallest absolute Gasteiger partial charge is 0.319 e. The molecule has 1 fully saturated rings. The van der Waals surface area contributed by atoms with Crippen molar-refractivity contribution in [1.29, 1.82) is 0 Å². The highest BCUT2D eigenvalue weighted by Crippen LogP contribution is 2.39. The average Bonchev–Trinajstić information content (AvgIpc) is 3.61. The van der Waals surface area contributed by atoms with Crippen molar-refractivity contribution >= 4 is 69.7 Å². The number of aromatic hydroxyl groups is 2. The molecule has 13 heteroatoms. The normalized spacial score (nSPS) is 13.8. The Labute approximate surface area is 256 Å². The highest BCUT2D eigenvalue weighted by molar-refractivity contribution is 6.38. The maximum Gasteiger partial charge on any atom is 0.319 e. The van der Waals surface area contributed by atoms with Crippen molar-refractivity contribution in [2.75, 3.05) is 17.4 Å². The van der Waals surface area contributed by atoms with Gasteiger partial charge in [0.2, 0.25) is 12.7 Å². The molecule has 41 heavy (non-hydrogen) atoms. The third-order valence-corrected chi connectivity index (χ3v) is 7.89. The fourth-order valence-corrected chi connectivity index (χ4v) is 5.24. The number of phenols is 2. The Kier molecular flexibility index (Phi) is 10.2. The molecule has 3 aromatic carbocycles. The van der Waals surface area contributed by atoms with Crippen molar-refractivity contribution in [2.24, 2.45) is 0 Å².